The van der Waals surface area contributed by atoms with Crippen LogP contribution in [0.15, 0.2) is 6.07 Å². The molecule has 0 amide bonds. The van der Waals surface area contributed by atoms with Crippen molar-refractivity contribution in [3.05, 3.63) is 33.9 Å². The SMILES string of the molecule is CCCCc1cc2c(c(CCCC)c1CCCC)Oc1c(CCCC)c(O)c(O)c(CCCC)c1O2. The second kappa shape index (κ2) is 13.8. The average Bonchev–Trinajstić information content (AvgIpc) is 2.89. The number of aromatic hydroxyl groups is 2. The molecular formula is C32H48O4. The minimum absolute atomic E-state index is 0.0405. The van der Waals surface area contributed by atoms with E-state index in [1.807, 2.05) is 0 Å². The van der Waals surface area contributed by atoms with E-state index in [1.165, 1.54) is 16.7 Å². The van der Waals surface area contributed by atoms with Crippen LogP contribution in [0.1, 0.15) is 127 Å². The molecule has 0 saturated heterocycles. The highest BCUT2D eigenvalue weighted by molar-refractivity contribution is 5.71. The molecule has 1 aliphatic heterocycles. The van der Waals surface area contributed by atoms with Crippen LogP contribution in [0.5, 0.6) is 34.5 Å². The first-order chi connectivity index (χ1) is 17.5. The van der Waals surface area contributed by atoms with Gasteiger partial charge in [-0.3, -0.25) is 0 Å². The molecule has 1 heterocycles. The Bertz CT molecular complexity index is 1010. The number of fused-ring (bicyclic) bond motifs is 2. The summed E-state index contributed by atoms with van der Waals surface area (Å²) < 4.78 is 13.4. The molecule has 0 aliphatic carbocycles. The van der Waals surface area contributed by atoms with Crippen molar-refractivity contribution < 1.29 is 19.7 Å². The third-order valence-electron chi connectivity index (χ3n) is 7.44. The van der Waals surface area contributed by atoms with Gasteiger partial charge in [-0.05, 0) is 81.4 Å². The lowest BCUT2D eigenvalue weighted by molar-refractivity contribution is 0.331. The molecule has 0 atom stereocenters. The summed E-state index contributed by atoms with van der Waals surface area (Å²) >= 11 is 0. The van der Waals surface area contributed by atoms with Crippen molar-refractivity contribution in [2.24, 2.45) is 0 Å². The van der Waals surface area contributed by atoms with Gasteiger partial charge in [0.25, 0.3) is 0 Å². The second-order valence-corrected chi connectivity index (χ2v) is 10.4. The molecule has 0 radical (unpaired) electrons. The van der Waals surface area contributed by atoms with Crippen LogP contribution in [-0.4, -0.2) is 10.2 Å². The largest absolute Gasteiger partial charge is 0.504 e. The molecule has 0 saturated carbocycles. The molecule has 2 aromatic rings. The summed E-state index contributed by atoms with van der Waals surface area (Å²) in [5, 5.41) is 22.1. The summed E-state index contributed by atoms with van der Waals surface area (Å²) in [6.45, 7) is 11.0. The molecule has 2 aromatic carbocycles. The fourth-order valence-electron chi connectivity index (χ4n) is 5.23. The van der Waals surface area contributed by atoms with E-state index < -0.39 is 0 Å². The molecule has 4 heteroatoms. The van der Waals surface area contributed by atoms with Crippen molar-refractivity contribution in [2.45, 2.75) is 131 Å². The third kappa shape index (κ3) is 6.12. The number of aryl methyl sites for hydroxylation is 1. The Morgan fingerprint density at radius 1 is 0.500 bits per heavy atom. The van der Waals surface area contributed by atoms with Crippen molar-refractivity contribution in [1.29, 1.82) is 0 Å². The lowest BCUT2D eigenvalue weighted by atomic mass is 9.89. The van der Waals surface area contributed by atoms with Crippen molar-refractivity contribution in [1.82, 2.24) is 0 Å². The minimum atomic E-state index is -0.0441. The molecule has 3 rings (SSSR count). The normalized spacial score (nSPS) is 12.1. The van der Waals surface area contributed by atoms with Gasteiger partial charge in [0.1, 0.15) is 0 Å². The van der Waals surface area contributed by atoms with E-state index in [1.54, 1.807) is 0 Å². The lowest BCUT2D eigenvalue weighted by Crippen LogP contribution is -2.11. The van der Waals surface area contributed by atoms with Crippen LogP contribution >= 0.6 is 0 Å². The highest BCUT2D eigenvalue weighted by atomic mass is 16.6. The molecule has 0 bridgehead atoms. The molecule has 36 heavy (non-hydrogen) atoms. The van der Waals surface area contributed by atoms with E-state index in [4.69, 9.17) is 9.47 Å². The van der Waals surface area contributed by atoms with Gasteiger partial charge in [0.2, 0.25) is 0 Å². The predicted molar refractivity (Wildman–Crippen MR) is 149 cm³/mol. The quantitative estimate of drug-likeness (QED) is 0.206. The standard InChI is InChI=1S/C32H48O4/c1-6-11-16-22-21-27-30(24(18-13-8-3)23(22)17-12-7-2)36-32-26(20-15-10-5)29(34)28(33)25(19-14-9-4)31(32)35-27/h21,33-34H,6-20H2,1-5H3. The van der Waals surface area contributed by atoms with Gasteiger partial charge in [-0.25, -0.2) is 0 Å². The van der Waals surface area contributed by atoms with Crippen LogP contribution in [0.2, 0.25) is 0 Å². The molecule has 200 valence electrons. The van der Waals surface area contributed by atoms with Crippen LogP contribution in [0.4, 0.5) is 0 Å². The van der Waals surface area contributed by atoms with Crippen molar-refractivity contribution in [3.63, 3.8) is 0 Å². The number of hydrogen-bond donors (Lipinski definition) is 2. The average molecular weight is 497 g/mol. The van der Waals surface area contributed by atoms with Gasteiger partial charge in [-0.15, -0.1) is 0 Å². The zero-order valence-corrected chi connectivity index (χ0v) is 23.4. The number of phenolic OH excluding ortho intramolecular Hbond substituents is 2. The molecule has 0 aromatic heterocycles. The molecule has 2 N–H and O–H groups in total. The molecule has 4 nitrogen and oxygen atoms in total. The third-order valence-corrected chi connectivity index (χ3v) is 7.44. The Labute approximate surface area is 219 Å². The smallest absolute Gasteiger partial charge is 0.177 e. The van der Waals surface area contributed by atoms with E-state index in [0.29, 0.717) is 35.5 Å². The van der Waals surface area contributed by atoms with Gasteiger partial charge in [0.05, 0.1) is 0 Å². The monoisotopic (exact) mass is 496 g/mol. The fourth-order valence-corrected chi connectivity index (χ4v) is 5.23. The van der Waals surface area contributed by atoms with Crippen LogP contribution in [0.3, 0.4) is 0 Å². The van der Waals surface area contributed by atoms with Gasteiger partial charge >= 0.3 is 0 Å². The maximum atomic E-state index is 11.0. The van der Waals surface area contributed by atoms with Gasteiger partial charge in [-0.2, -0.15) is 0 Å². The number of ether oxygens (including phenoxy) is 2. The topological polar surface area (TPSA) is 58.9 Å². The highest BCUT2D eigenvalue weighted by Gasteiger charge is 2.33. The first-order valence-electron chi connectivity index (χ1n) is 14.6. The molecule has 0 unspecified atom stereocenters. The number of unbranched alkanes of at least 4 members (excludes halogenated alkanes) is 5. The Morgan fingerprint density at radius 3 is 1.42 bits per heavy atom. The maximum Gasteiger partial charge on any atom is 0.177 e. The van der Waals surface area contributed by atoms with Crippen LogP contribution in [0, 0.1) is 0 Å². The van der Waals surface area contributed by atoms with Crippen LogP contribution < -0.4 is 9.47 Å². The molecule has 0 spiro atoms. The Morgan fingerprint density at radius 2 is 0.917 bits per heavy atom. The van der Waals surface area contributed by atoms with Gasteiger partial charge < -0.3 is 19.7 Å². The Kier molecular flexibility index (Phi) is 10.8. The minimum Gasteiger partial charge on any atom is -0.504 e. The Balaban J connectivity index is 2.22. The zero-order chi connectivity index (χ0) is 26.1. The van der Waals surface area contributed by atoms with E-state index in [0.717, 1.165) is 95.0 Å². The summed E-state index contributed by atoms with van der Waals surface area (Å²) in [5.41, 5.74) is 5.43. The number of benzene rings is 2. The zero-order valence-electron chi connectivity index (χ0n) is 23.4. The second-order valence-electron chi connectivity index (χ2n) is 10.4. The van der Waals surface area contributed by atoms with E-state index in [9.17, 15) is 10.2 Å². The van der Waals surface area contributed by atoms with Crippen LogP contribution in [-0.2, 0) is 32.1 Å². The fraction of sp³-hybridized carbons (Fsp3) is 0.625. The maximum absolute atomic E-state index is 11.0. The van der Waals surface area contributed by atoms with Crippen molar-refractivity contribution in [3.8, 4) is 34.5 Å². The van der Waals surface area contributed by atoms with Gasteiger partial charge in [0, 0.05) is 16.7 Å². The summed E-state index contributed by atoms with van der Waals surface area (Å²) in [7, 11) is 0. The summed E-state index contributed by atoms with van der Waals surface area (Å²) in [4.78, 5) is 0. The Hall–Kier alpha value is -2.36. The molecule has 0 fully saturated rings. The van der Waals surface area contributed by atoms with E-state index in [2.05, 4.69) is 40.7 Å². The summed E-state index contributed by atoms with van der Waals surface area (Å²) in [6, 6.07) is 2.20. The van der Waals surface area contributed by atoms with E-state index >= 15 is 0 Å². The highest BCUT2D eigenvalue weighted by Crippen LogP contribution is 2.57. The van der Waals surface area contributed by atoms with Gasteiger partial charge in [-0.1, -0.05) is 66.7 Å². The predicted octanol–water partition coefficient (Wildman–Crippen LogP) is 9.71. The number of rotatable bonds is 15. The first-order valence-corrected chi connectivity index (χ1v) is 14.6. The molecule has 1 aliphatic rings. The first kappa shape index (κ1) is 28.2. The van der Waals surface area contributed by atoms with Crippen LogP contribution in [0.25, 0.3) is 0 Å². The molecular weight excluding hydrogens is 448 g/mol. The summed E-state index contributed by atoms with van der Waals surface area (Å²) in [5.74, 6) is 2.72. The van der Waals surface area contributed by atoms with Crippen molar-refractivity contribution in [2.75, 3.05) is 0 Å². The summed E-state index contributed by atoms with van der Waals surface area (Å²) in [6.07, 6.45) is 15.0. The van der Waals surface area contributed by atoms with Crippen molar-refractivity contribution >= 4 is 0 Å². The van der Waals surface area contributed by atoms with E-state index in [-0.39, 0.29) is 11.5 Å². The van der Waals surface area contributed by atoms with Gasteiger partial charge in [0.15, 0.2) is 34.5 Å². The number of hydrogen-bond acceptors (Lipinski definition) is 4. The lowest BCUT2D eigenvalue weighted by Gasteiger charge is -2.30. The number of phenols is 2.